The van der Waals surface area contributed by atoms with E-state index in [9.17, 15) is 18.0 Å². The molecule has 0 N–H and O–H groups in total. The number of amides is 1. The Morgan fingerprint density at radius 2 is 1.69 bits per heavy atom. The smallest absolute Gasteiger partial charge is 0.337 e. The maximum Gasteiger partial charge on any atom is 0.416 e. The molecular formula is C20H21F3N2O. The Hall–Kier alpha value is -2.34. The normalized spacial score (nSPS) is 16.3. The standard InChI is InChI=1S/C20H21F3N2O/c21-20(22,23)18-9-4-8-17(14-18)19(26)25-11-5-10-24(12-13-25)15-16-6-2-1-3-7-16/h1-4,6-9,14H,5,10-13,15H2. The van der Waals surface area contributed by atoms with Gasteiger partial charge in [-0.25, -0.2) is 0 Å². The first-order valence-electron chi connectivity index (χ1n) is 8.66. The maximum atomic E-state index is 12.9. The second-order valence-electron chi connectivity index (χ2n) is 6.49. The van der Waals surface area contributed by atoms with Gasteiger partial charge in [-0.2, -0.15) is 13.2 Å². The Bertz CT molecular complexity index is 746. The van der Waals surface area contributed by atoms with Gasteiger partial charge in [0.2, 0.25) is 0 Å². The molecule has 0 saturated carbocycles. The Morgan fingerprint density at radius 1 is 0.923 bits per heavy atom. The van der Waals surface area contributed by atoms with Crippen LogP contribution in [0.2, 0.25) is 0 Å². The topological polar surface area (TPSA) is 23.6 Å². The molecule has 0 spiro atoms. The fraction of sp³-hybridized carbons (Fsp3) is 0.350. The fourth-order valence-electron chi connectivity index (χ4n) is 3.18. The molecule has 2 aromatic carbocycles. The quantitative estimate of drug-likeness (QED) is 0.822. The van der Waals surface area contributed by atoms with Crippen LogP contribution in [0.5, 0.6) is 0 Å². The summed E-state index contributed by atoms with van der Waals surface area (Å²) >= 11 is 0. The van der Waals surface area contributed by atoms with Crippen LogP contribution < -0.4 is 0 Å². The predicted molar refractivity (Wildman–Crippen MR) is 93.7 cm³/mol. The first kappa shape index (κ1) is 18.5. The Kier molecular flexibility index (Phi) is 5.61. The van der Waals surface area contributed by atoms with Crippen molar-refractivity contribution in [2.75, 3.05) is 26.2 Å². The molecule has 138 valence electrons. The molecule has 1 saturated heterocycles. The minimum Gasteiger partial charge on any atom is -0.337 e. The van der Waals surface area contributed by atoms with Crippen LogP contribution in [0.15, 0.2) is 54.6 Å². The fourth-order valence-corrected chi connectivity index (χ4v) is 3.18. The van der Waals surface area contributed by atoms with Gasteiger partial charge in [-0.3, -0.25) is 9.69 Å². The van der Waals surface area contributed by atoms with Crippen molar-refractivity contribution in [2.45, 2.75) is 19.1 Å². The Labute approximate surface area is 151 Å². The zero-order valence-electron chi connectivity index (χ0n) is 14.4. The van der Waals surface area contributed by atoms with Crippen LogP contribution in [0.3, 0.4) is 0 Å². The van der Waals surface area contributed by atoms with Crippen LogP contribution >= 0.6 is 0 Å². The lowest BCUT2D eigenvalue weighted by Crippen LogP contribution is -2.35. The van der Waals surface area contributed by atoms with Crippen LogP contribution in [0, 0.1) is 0 Å². The average molecular weight is 362 g/mol. The number of halogens is 3. The van der Waals surface area contributed by atoms with Crippen molar-refractivity contribution in [3.05, 3.63) is 71.3 Å². The van der Waals surface area contributed by atoms with Gasteiger partial charge in [0.25, 0.3) is 5.91 Å². The van der Waals surface area contributed by atoms with Gasteiger partial charge in [0.15, 0.2) is 0 Å². The van der Waals surface area contributed by atoms with E-state index in [2.05, 4.69) is 17.0 Å². The molecule has 1 heterocycles. The van der Waals surface area contributed by atoms with Crippen LogP contribution in [-0.2, 0) is 12.7 Å². The number of hydrogen-bond acceptors (Lipinski definition) is 2. The molecule has 0 bridgehead atoms. The zero-order valence-corrected chi connectivity index (χ0v) is 14.4. The summed E-state index contributed by atoms with van der Waals surface area (Å²) < 4.78 is 38.6. The largest absolute Gasteiger partial charge is 0.416 e. The minimum absolute atomic E-state index is 0.0938. The highest BCUT2D eigenvalue weighted by Gasteiger charge is 2.31. The highest BCUT2D eigenvalue weighted by Crippen LogP contribution is 2.29. The highest BCUT2D eigenvalue weighted by atomic mass is 19.4. The van der Waals surface area contributed by atoms with E-state index in [0.717, 1.165) is 31.6 Å². The molecule has 1 fully saturated rings. The molecule has 2 aromatic rings. The molecular weight excluding hydrogens is 341 g/mol. The van der Waals surface area contributed by atoms with Gasteiger partial charge >= 0.3 is 6.18 Å². The van der Waals surface area contributed by atoms with Gasteiger partial charge in [0.1, 0.15) is 0 Å². The van der Waals surface area contributed by atoms with Crippen molar-refractivity contribution < 1.29 is 18.0 Å². The van der Waals surface area contributed by atoms with Crippen LogP contribution in [-0.4, -0.2) is 41.9 Å². The van der Waals surface area contributed by atoms with Gasteiger partial charge < -0.3 is 4.90 Å². The van der Waals surface area contributed by atoms with E-state index in [1.54, 1.807) is 4.90 Å². The summed E-state index contributed by atoms with van der Waals surface area (Å²) in [4.78, 5) is 16.6. The summed E-state index contributed by atoms with van der Waals surface area (Å²) in [6, 6.07) is 14.8. The molecule has 0 aromatic heterocycles. The Morgan fingerprint density at radius 3 is 2.42 bits per heavy atom. The van der Waals surface area contributed by atoms with Crippen molar-refractivity contribution in [2.24, 2.45) is 0 Å². The van der Waals surface area contributed by atoms with Crippen molar-refractivity contribution in [3.63, 3.8) is 0 Å². The SMILES string of the molecule is O=C(c1cccc(C(F)(F)F)c1)N1CCCN(Cc2ccccc2)CC1. The number of carbonyl (C=O) groups excluding carboxylic acids is 1. The lowest BCUT2D eigenvalue weighted by Gasteiger charge is -2.22. The molecule has 6 heteroatoms. The summed E-state index contributed by atoms with van der Waals surface area (Å²) in [5.74, 6) is -0.335. The average Bonchev–Trinajstić information content (AvgIpc) is 2.87. The maximum absolute atomic E-state index is 12.9. The lowest BCUT2D eigenvalue weighted by molar-refractivity contribution is -0.137. The number of carbonyl (C=O) groups is 1. The van der Waals surface area contributed by atoms with Crippen molar-refractivity contribution in [1.82, 2.24) is 9.80 Å². The molecule has 0 atom stereocenters. The van der Waals surface area contributed by atoms with Crippen molar-refractivity contribution in [3.8, 4) is 0 Å². The van der Waals surface area contributed by atoms with Crippen LogP contribution in [0.25, 0.3) is 0 Å². The third kappa shape index (κ3) is 4.64. The number of nitrogens with zero attached hydrogens (tertiary/aromatic N) is 2. The van der Waals surface area contributed by atoms with Crippen LogP contribution in [0.1, 0.15) is 27.9 Å². The summed E-state index contributed by atoms with van der Waals surface area (Å²) in [6.07, 6.45) is -3.64. The summed E-state index contributed by atoms with van der Waals surface area (Å²) in [6.45, 7) is 3.45. The molecule has 26 heavy (non-hydrogen) atoms. The second kappa shape index (κ2) is 7.91. The summed E-state index contributed by atoms with van der Waals surface area (Å²) in [5, 5.41) is 0. The number of benzene rings is 2. The third-order valence-corrected chi connectivity index (χ3v) is 4.56. The monoisotopic (exact) mass is 362 g/mol. The van der Waals surface area contributed by atoms with Crippen molar-refractivity contribution >= 4 is 5.91 Å². The van der Waals surface area contributed by atoms with E-state index < -0.39 is 11.7 Å². The molecule has 1 aliphatic rings. The minimum atomic E-state index is -4.44. The van der Waals surface area contributed by atoms with E-state index in [1.165, 1.54) is 17.7 Å². The first-order chi connectivity index (χ1) is 12.4. The van der Waals surface area contributed by atoms with Gasteiger partial charge in [-0.05, 0) is 30.2 Å². The van der Waals surface area contributed by atoms with E-state index >= 15 is 0 Å². The first-order valence-corrected chi connectivity index (χ1v) is 8.66. The van der Waals surface area contributed by atoms with E-state index in [0.29, 0.717) is 19.6 Å². The molecule has 1 aliphatic heterocycles. The molecule has 0 aliphatic carbocycles. The van der Waals surface area contributed by atoms with Gasteiger partial charge in [0.05, 0.1) is 5.56 Å². The van der Waals surface area contributed by atoms with Gasteiger partial charge in [0, 0.05) is 38.3 Å². The highest BCUT2D eigenvalue weighted by molar-refractivity contribution is 5.94. The van der Waals surface area contributed by atoms with Gasteiger partial charge in [-0.15, -0.1) is 0 Å². The molecule has 0 radical (unpaired) electrons. The Balaban J connectivity index is 1.64. The number of hydrogen-bond donors (Lipinski definition) is 0. The van der Waals surface area contributed by atoms with E-state index in [4.69, 9.17) is 0 Å². The number of rotatable bonds is 3. The molecule has 1 amide bonds. The lowest BCUT2D eigenvalue weighted by atomic mass is 10.1. The second-order valence-corrected chi connectivity index (χ2v) is 6.49. The summed E-state index contributed by atoms with van der Waals surface area (Å²) in [5.41, 5.74) is 0.519. The number of alkyl halides is 3. The predicted octanol–water partition coefficient (Wildman–Crippen LogP) is 4.05. The van der Waals surface area contributed by atoms with E-state index in [-0.39, 0.29) is 11.5 Å². The molecule has 0 unspecified atom stereocenters. The van der Waals surface area contributed by atoms with Gasteiger partial charge in [-0.1, -0.05) is 36.4 Å². The molecule has 3 nitrogen and oxygen atoms in total. The zero-order chi connectivity index (χ0) is 18.6. The van der Waals surface area contributed by atoms with Crippen molar-refractivity contribution in [1.29, 1.82) is 0 Å². The summed E-state index contributed by atoms with van der Waals surface area (Å²) in [7, 11) is 0. The third-order valence-electron chi connectivity index (χ3n) is 4.56. The van der Waals surface area contributed by atoms with Crippen LogP contribution in [0.4, 0.5) is 13.2 Å². The molecule has 3 rings (SSSR count). The van der Waals surface area contributed by atoms with E-state index in [1.807, 2.05) is 18.2 Å².